The third-order valence-electron chi connectivity index (χ3n) is 4.17. The van der Waals surface area contributed by atoms with Gasteiger partial charge in [-0.25, -0.2) is 4.98 Å². The van der Waals surface area contributed by atoms with E-state index in [1.165, 1.54) is 12.8 Å². The number of rotatable bonds is 8. The fraction of sp³-hybridized carbons (Fsp3) is 0.611. The van der Waals surface area contributed by atoms with E-state index in [1.54, 1.807) is 12.3 Å². The molecular formula is C18H29ClIN5O. The lowest BCUT2D eigenvalue weighted by atomic mass is 10.2. The van der Waals surface area contributed by atoms with Gasteiger partial charge in [-0.3, -0.25) is 9.79 Å². The zero-order valence-corrected chi connectivity index (χ0v) is 18.3. The monoisotopic (exact) mass is 493 g/mol. The lowest BCUT2D eigenvalue weighted by Gasteiger charge is -2.12. The SMILES string of the molecule is CCNC(=NCCC(=O)NC1CCCC1)NCCc1ccc(Cl)nc1.I. The third kappa shape index (κ3) is 9.02. The van der Waals surface area contributed by atoms with E-state index in [2.05, 4.69) is 25.9 Å². The molecule has 0 unspecified atom stereocenters. The van der Waals surface area contributed by atoms with Crippen LogP contribution in [0.1, 0.15) is 44.6 Å². The van der Waals surface area contributed by atoms with Crippen LogP contribution in [-0.4, -0.2) is 42.5 Å². The van der Waals surface area contributed by atoms with Crippen LogP contribution in [0.25, 0.3) is 0 Å². The van der Waals surface area contributed by atoms with Crippen molar-refractivity contribution < 1.29 is 4.79 Å². The van der Waals surface area contributed by atoms with Gasteiger partial charge < -0.3 is 16.0 Å². The van der Waals surface area contributed by atoms with Crippen molar-refractivity contribution in [3.05, 3.63) is 29.0 Å². The van der Waals surface area contributed by atoms with Crippen LogP contribution in [0.2, 0.25) is 5.15 Å². The lowest BCUT2D eigenvalue weighted by Crippen LogP contribution is -2.38. The van der Waals surface area contributed by atoms with E-state index in [1.807, 2.05) is 13.0 Å². The number of halogens is 2. The Labute approximate surface area is 178 Å². The van der Waals surface area contributed by atoms with Gasteiger partial charge in [-0.15, -0.1) is 24.0 Å². The molecule has 2 rings (SSSR count). The number of aliphatic imine (C=N–C) groups is 1. The predicted octanol–water partition coefficient (Wildman–Crippen LogP) is 2.90. The van der Waals surface area contributed by atoms with Crippen LogP contribution < -0.4 is 16.0 Å². The van der Waals surface area contributed by atoms with Crippen LogP contribution in [0, 0.1) is 0 Å². The molecule has 0 radical (unpaired) electrons. The molecule has 0 spiro atoms. The fourth-order valence-corrected chi connectivity index (χ4v) is 2.97. The number of carbonyl (C=O) groups is 1. The first-order valence-corrected chi connectivity index (χ1v) is 9.47. The maximum atomic E-state index is 11.9. The summed E-state index contributed by atoms with van der Waals surface area (Å²) in [7, 11) is 0. The number of guanidine groups is 1. The first kappa shape index (κ1) is 23.0. The molecule has 6 nitrogen and oxygen atoms in total. The summed E-state index contributed by atoms with van der Waals surface area (Å²) in [4.78, 5) is 20.5. The van der Waals surface area contributed by atoms with Gasteiger partial charge in [0.25, 0.3) is 0 Å². The highest BCUT2D eigenvalue weighted by Gasteiger charge is 2.16. The minimum absolute atomic E-state index is 0. The summed E-state index contributed by atoms with van der Waals surface area (Å²) in [6, 6.07) is 4.13. The molecule has 146 valence electrons. The van der Waals surface area contributed by atoms with Crippen LogP contribution in [0.5, 0.6) is 0 Å². The van der Waals surface area contributed by atoms with Crippen molar-refractivity contribution in [2.45, 2.75) is 51.5 Å². The molecule has 1 saturated carbocycles. The van der Waals surface area contributed by atoms with E-state index in [0.29, 0.717) is 24.2 Å². The summed E-state index contributed by atoms with van der Waals surface area (Å²) in [5.41, 5.74) is 1.11. The molecule has 1 aliphatic rings. The smallest absolute Gasteiger partial charge is 0.222 e. The molecule has 0 bridgehead atoms. The number of pyridine rings is 1. The zero-order valence-electron chi connectivity index (χ0n) is 15.3. The first-order chi connectivity index (χ1) is 12.2. The summed E-state index contributed by atoms with van der Waals surface area (Å²) in [5, 5.41) is 10.1. The van der Waals surface area contributed by atoms with Crippen molar-refractivity contribution in [3.8, 4) is 0 Å². The molecule has 1 heterocycles. The molecule has 3 N–H and O–H groups in total. The molecule has 1 aromatic rings. The molecule has 26 heavy (non-hydrogen) atoms. The van der Waals surface area contributed by atoms with Gasteiger partial charge in [0.2, 0.25) is 5.91 Å². The number of aromatic nitrogens is 1. The highest BCUT2D eigenvalue weighted by molar-refractivity contribution is 14.0. The molecule has 0 aromatic carbocycles. The van der Waals surface area contributed by atoms with Crippen LogP contribution >= 0.6 is 35.6 Å². The lowest BCUT2D eigenvalue weighted by molar-refractivity contribution is -0.121. The van der Waals surface area contributed by atoms with Crippen molar-refractivity contribution in [2.24, 2.45) is 4.99 Å². The number of nitrogens with zero attached hydrogens (tertiary/aromatic N) is 2. The van der Waals surface area contributed by atoms with E-state index in [0.717, 1.165) is 43.9 Å². The van der Waals surface area contributed by atoms with Crippen LogP contribution in [-0.2, 0) is 11.2 Å². The first-order valence-electron chi connectivity index (χ1n) is 9.09. The number of hydrogen-bond acceptors (Lipinski definition) is 3. The fourth-order valence-electron chi connectivity index (χ4n) is 2.86. The van der Waals surface area contributed by atoms with Crippen LogP contribution in [0.3, 0.4) is 0 Å². The predicted molar refractivity (Wildman–Crippen MR) is 117 cm³/mol. The molecule has 1 amide bonds. The largest absolute Gasteiger partial charge is 0.357 e. The molecule has 0 saturated heterocycles. The molecule has 0 atom stereocenters. The van der Waals surface area contributed by atoms with Gasteiger partial charge in [-0.2, -0.15) is 0 Å². The Bertz CT molecular complexity index is 561. The Kier molecular flexibility index (Phi) is 11.6. The highest BCUT2D eigenvalue weighted by Crippen LogP contribution is 2.17. The number of carbonyl (C=O) groups excluding carboxylic acids is 1. The van der Waals surface area contributed by atoms with Gasteiger partial charge in [0.1, 0.15) is 5.15 Å². The second kappa shape index (κ2) is 13.1. The van der Waals surface area contributed by atoms with Gasteiger partial charge in [0.15, 0.2) is 5.96 Å². The maximum absolute atomic E-state index is 11.9. The Morgan fingerprint density at radius 3 is 2.73 bits per heavy atom. The molecule has 1 aliphatic carbocycles. The Morgan fingerprint density at radius 1 is 1.31 bits per heavy atom. The average Bonchev–Trinajstić information content (AvgIpc) is 3.09. The van der Waals surface area contributed by atoms with E-state index in [4.69, 9.17) is 11.6 Å². The van der Waals surface area contributed by atoms with Gasteiger partial charge in [0.05, 0.1) is 6.54 Å². The standard InChI is InChI=1S/C18H28ClN5O.HI/c1-2-20-18(21-11-9-14-7-8-16(19)23-13-14)22-12-10-17(25)24-15-5-3-4-6-15;/h7-8,13,15H,2-6,9-12H2,1H3,(H,24,25)(H2,20,21,22);1H. The van der Waals surface area contributed by atoms with E-state index in [-0.39, 0.29) is 29.9 Å². The maximum Gasteiger partial charge on any atom is 0.222 e. The third-order valence-corrected chi connectivity index (χ3v) is 4.39. The van der Waals surface area contributed by atoms with Crippen molar-refractivity contribution in [1.82, 2.24) is 20.9 Å². The highest BCUT2D eigenvalue weighted by atomic mass is 127. The van der Waals surface area contributed by atoms with Gasteiger partial charge >= 0.3 is 0 Å². The molecule has 8 heteroatoms. The Hall–Kier alpha value is -1.09. The molecule has 1 fully saturated rings. The van der Waals surface area contributed by atoms with Gasteiger partial charge in [-0.1, -0.05) is 30.5 Å². The molecular weight excluding hydrogens is 465 g/mol. The minimum Gasteiger partial charge on any atom is -0.357 e. The zero-order chi connectivity index (χ0) is 17.9. The second-order valence-corrected chi connectivity index (χ2v) is 6.61. The normalized spacial score (nSPS) is 14.6. The van der Waals surface area contributed by atoms with E-state index < -0.39 is 0 Å². The van der Waals surface area contributed by atoms with Gasteiger partial charge in [-0.05, 0) is 37.8 Å². The summed E-state index contributed by atoms with van der Waals surface area (Å²) in [5.74, 6) is 0.830. The Balaban J connectivity index is 0.00000338. The topological polar surface area (TPSA) is 78.4 Å². The van der Waals surface area contributed by atoms with E-state index in [9.17, 15) is 4.79 Å². The van der Waals surface area contributed by atoms with Crippen molar-refractivity contribution in [3.63, 3.8) is 0 Å². The summed E-state index contributed by atoms with van der Waals surface area (Å²) in [6.45, 7) is 4.02. The molecule has 1 aromatic heterocycles. The quantitative estimate of drug-likeness (QED) is 0.225. The van der Waals surface area contributed by atoms with Crippen molar-refractivity contribution in [1.29, 1.82) is 0 Å². The van der Waals surface area contributed by atoms with E-state index >= 15 is 0 Å². The number of amides is 1. The van der Waals surface area contributed by atoms with Crippen LogP contribution in [0.4, 0.5) is 0 Å². The van der Waals surface area contributed by atoms with Crippen LogP contribution in [0.15, 0.2) is 23.3 Å². The Morgan fingerprint density at radius 2 is 2.08 bits per heavy atom. The molecule has 0 aliphatic heterocycles. The summed E-state index contributed by atoms with van der Waals surface area (Å²) in [6.07, 6.45) is 7.70. The average molecular weight is 494 g/mol. The summed E-state index contributed by atoms with van der Waals surface area (Å²) < 4.78 is 0. The number of hydrogen-bond donors (Lipinski definition) is 3. The van der Waals surface area contributed by atoms with Gasteiger partial charge in [0, 0.05) is 31.7 Å². The minimum atomic E-state index is 0. The second-order valence-electron chi connectivity index (χ2n) is 6.23. The number of nitrogens with one attached hydrogen (secondary N) is 3. The van der Waals surface area contributed by atoms with Crippen molar-refractivity contribution >= 4 is 47.4 Å². The van der Waals surface area contributed by atoms with Crippen molar-refractivity contribution in [2.75, 3.05) is 19.6 Å². The summed E-state index contributed by atoms with van der Waals surface area (Å²) >= 11 is 5.79.